The fourth-order valence-corrected chi connectivity index (χ4v) is 6.64. The third-order valence-electron chi connectivity index (χ3n) is 8.48. The zero-order valence-corrected chi connectivity index (χ0v) is 26.1. The molecule has 3 rings (SSSR count). The van der Waals surface area contributed by atoms with E-state index in [-0.39, 0.29) is 29.8 Å². The van der Waals surface area contributed by atoms with E-state index in [0.29, 0.717) is 13.2 Å². The number of rotatable bonds is 16. The second kappa shape index (κ2) is 13.5. The number of aliphatic hydroxyl groups is 2. The summed E-state index contributed by atoms with van der Waals surface area (Å²) < 4.78 is 14.4. The lowest BCUT2D eigenvalue weighted by molar-refractivity contribution is -0.0565. The van der Waals surface area contributed by atoms with Gasteiger partial charge in [-0.2, -0.15) is 0 Å². The average molecular weight is 640 g/mol. The van der Waals surface area contributed by atoms with Gasteiger partial charge in [0.05, 0.1) is 37.6 Å². The van der Waals surface area contributed by atoms with Crippen molar-refractivity contribution in [2.75, 3.05) is 26.4 Å². The molecule has 0 amide bonds. The molecule has 37 heavy (non-hydrogen) atoms. The SMILES string of the molecule is CCC(C)(CCCC1(CCCC(C)(CC)OCCO)c2cc(Br)ccc2-c2ccc(Br)cc21)OCCO. The van der Waals surface area contributed by atoms with E-state index in [2.05, 4.69) is 96.0 Å². The Hall–Kier alpha value is -0.760. The molecule has 0 fully saturated rings. The minimum absolute atomic E-state index is 0.0525. The summed E-state index contributed by atoms with van der Waals surface area (Å²) in [7, 11) is 0. The van der Waals surface area contributed by atoms with Crippen LogP contribution < -0.4 is 0 Å². The van der Waals surface area contributed by atoms with Gasteiger partial charge < -0.3 is 19.7 Å². The second-order valence-corrected chi connectivity index (χ2v) is 12.8. The summed E-state index contributed by atoms with van der Waals surface area (Å²) in [6.07, 6.45) is 7.84. The summed E-state index contributed by atoms with van der Waals surface area (Å²) in [5.41, 5.74) is 4.89. The van der Waals surface area contributed by atoms with Crippen LogP contribution in [0.4, 0.5) is 0 Å². The number of aliphatic hydroxyl groups excluding tert-OH is 2. The first-order valence-electron chi connectivity index (χ1n) is 13.8. The minimum Gasteiger partial charge on any atom is -0.394 e. The first-order chi connectivity index (χ1) is 17.7. The lowest BCUT2D eigenvalue weighted by Crippen LogP contribution is -2.32. The van der Waals surface area contributed by atoms with Gasteiger partial charge in [-0.1, -0.05) is 57.8 Å². The predicted molar refractivity (Wildman–Crippen MR) is 159 cm³/mol. The van der Waals surface area contributed by atoms with Crippen LogP contribution in [0.1, 0.15) is 90.2 Å². The summed E-state index contributed by atoms with van der Waals surface area (Å²) in [6.45, 7) is 9.54. The molecule has 0 aromatic heterocycles. The average Bonchev–Trinajstić information content (AvgIpc) is 3.14. The van der Waals surface area contributed by atoms with Gasteiger partial charge >= 0.3 is 0 Å². The molecule has 2 unspecified atom stereocenters. The molecule has 0 heterocycles. The topological polar surface area (TPSA) is 58.9 Å². The van der Waals surface area contributed by atoms with Crippen molar-refractivity contribution >= 4 is 31.9 Å². The summed E-state index contributed by atoms with van der Waals surface area (Å²) in [6, 6.07) is 13.5. The van der Waals surface area contributed by atoms with E-state index >= 15 is 0 Å². The Morgan fingerprint density at radius 2 is 1.14 bits per heavy atom. The van der Waals surface area contributed by atoms with Crippen molar-refractivity contribution in [3.05, 3.63) is 56.5 Å². The highest BCUT2D eigenvalue weighted by Gasteiger charge is 2.43. The van der Waals surface area contributed by atoms with Crippen LogP contribution in [0.2, 0.25) is 0 Å². The van der Waals surface area contributed by atoms with Gasteiger partial charge in [0.15, 0.2) is 0 Å². The van der Waals surface area contributed by atoms with E-state index in [4.69, 9.17) is 9.47 Å². The van der Waals surface area contributed by atoms with Gasteiger partial charge in [-0.05, 0) is 112 Å². The van der Waals surface area contributed by atoms with Crippen LogP contribution in [-0.4, -0.2) is 47.8 Å². The Balaban J connectivity index is 1.96. The Bertz CT molecular complexity index is 945. The van der Waals surface area contributed by atoms with E-state index in [1.807, 2.05) is 0 Å². The summed E-state index contributed by atoms with van der Waals surface area (Å²) in [5.74, 6) is 0. The first kappa shape index (κ1) is 30.8. The van der Waals surface area contributed by atoms with Gasteiger partial charge in [0, 0.05) is 14.4 Å². The zero-order valence-electron chi connectivity index (χ0n) is 22.9. The van der Waals surface area contributed by atoms with E-state index in [1.54, 1.807) is 0 Å². The number of ether oxygens (including phenoxy) is 2. The highest BCUT2D eigenvalue weighted by molar-refractivity contribution is 9.10. The molecule has 0 saturated heterocycles. The van der Waals surface area contributed by atoms with Gasteiger partial charge in [-0.25, -0.2) is 0 Å². The molecule has 0 radical (unpaired) electrons. The molecule has 1 aliphatic rings. The minimum atomic E-state index is -0.234. The van der Waals surface area contributed by atoms with Crippen molar-refractivity contribution in [1.82, 2.24) is 0 Å². The lowest BCUT2D eigenvalue weighted by Gasteiger charge is -2.36. The van der Waals surface area contributed by atoms with E-state index in [0.717, 1.165) is 60.3 Å². The highest BCUT2D eigenvalue weighted by Crippen LogP contribution is 2.55. The molecular weight excluding hydrogens is 596 g/mol. The van der Waals surface area contributed by atoms with Crippen LogP contribution >= 0.6 is 31.9 Å². The molecule has 1 aliphatic carbocycles. The quantitative estimate of drug-likeness (QED) is 0.194. The molecule has 0 spiro atoms. The van der Waals surface area contributed by atoms with E-state index in [9.17, 15) is 10.2 Å². The van der Waals surface area contributed by atoms with Crippen molar-refractivity contribution in [1.29, 1.82) is 0 Å². The molecule has 0 bridgehead atoms. The van der Waals surface area contributed by atoms with Crippen LogP contribution in [0.25, 0.3) is 11.1 Å². The van der Waals surface area contributed by atoms with Crippen molar-refractivity contribution in [3.63, 3.8) is 0 Å². The van der Waals surface area contributed by atoms with Gasteiger partial charge in [0.25, 0.3) is 0 Å². The van der Waals surface area contributed by atoms with Crippen LogP contribution in [0.3, 0.4) is 0 Å². The fourth-order valence-electron chi connectivity index (χ4n) is 5.92. The maximum atomic E-state index is 9.31. The molecule has 0 saturated carbocycles. The smallest absolute Gasteiger partial charge is 0.0705 e. The first-order valence-corrected chi connectivity index (χ1v) is 15.3. The zero-order chi connectivity index (χ0) is 27.1. The standard InChI is InChI=1S/C31H44Br2O4/c1-5-29(3,36-19-17-34)13-7-15-31(16-8-14-30(4,6-2)37-20-18-35)27-21-23(32)9-11-25(27)26-12-10-24(33)22-28(26)31/h9-12,21-22,34-35H,5-8,13-20H2,1-4H3. The largest absolute Gasteiger partial charge is 0.394 e. The molecule has 2 atom stereocenters. The Labute approximate surface area is 240 Å². The summed E-state index contributed by atoms with van der Waals surface area (Å²) in [5, 5.41) is 18.6. The molecule has 206 valence electrons. The van der Waals surface area contributed by atoms with Crippen LogP contribution in [0.5, 0.6) is 0 Å². The molecular formula is C31H44Br2O4. The number of benzene rings is 2. The second-order valence-electron chi connectivity index (χ2n) is 10.9. The monoisotopic (exact) mass is 638 g/mol. The third-order valence-corrected chi connectivity index (χ3v) is 9.47. The van der Waals surface area contributed by atoms with Gasteiger partial charge in [-0.15, -0.1) is 0 Å². The van der Waals surface area contributed by atoms with Gasteiger partial charge in [-0.3, -0.25) is 0 Å². The maximum absolute atomic E-state index is 9.31. The third kappa shape index (κ3) is 7.26. The molecule has 6 heteroatoms. The summed E-state index contributed by atoms with van der Waals surface area (Å²) in [4.78, 5) is 0. The Morgan fingerprint density at radius 1 is 0.730 bits per heavy atom. The molecule has 0 aliphatic heterocycles. The molecule has 2 aromatic carbocycles. The number of hydrogen-bond acceptors (Lipinski definition) is 4. The van der Waals surface area contributed by atoms with Crippen molar-refractivity contribution in [2.45, 2.75) is 95.7 Å². The van der Waals surface area contributed by atoms with Crippen LogP contribution in [0.15, 0.2) is 45.3 Å². The normalized spacial score (nSPS) is 17.2. The summed E-state index contributed by atoms with van der Waals surface area (Å²) >= 11 is 7.52. The van der Waals surface area contributed by atoms with Crippen molar-refractivity contribution in [3.8, 4) is 11.1 Å². The fraction of sp³-hybridized carbons (Fsp3) is 0.613. The van der Waals surface area contributed by atoms with Crippen LogP contribution in [0, 0.1) is 0 Å². The van der Waals surface area contributed by atoms with Gasteiger partial charge in [0.1, 0.15) is 0 Å². The Morgan fingerprint density at radius 3 is 1.49 bits per heavy atom. The van der Waals surface area contributed by atoms with Gasteiger partial charge in [0.2, 0.25) is 0 Å². The molecule has 2 N–H and O–H groups in total. The molecule has 4 nitrogen and oxygen atoms in total. The van der Waals surface area contributed by atoms with E-state index in [1.165, 1.54) is 22.3 Å². The van der Waals surface area contributed by atoms with Crippen molar-refractivity contribution in [2.24, 2.45) is 0 Å². The van der Waals surface area contributed by atoms with Crippen molar-refractivity contribution < 1.29 is 19.7 Å². The number of hydrogen-bond donors (Lipinski definition) is 2. The maximum Gasteiger partial charge on any atom is 0.0705 e. The highest BCUT2D eigenvalue weighted by atomic mass is 79.9. The number of halogens is 2. The number of fused-ring (bicyclic) bond motifs is 3. The van der Waals surface area contributed by atoms with Crippen LogP contribution in [-0.2, 0) is 14.9 Å². The Kier molecular flexibility index (Phi) is 11.3. The van der Waals surface area contributed by atoms with E-state index < -0.39 is 0 Å². The molecule has 2 aromatic rings. The lowest BCUT2D eigenvalue weighted by atomic mass is 9.70. The predicted octanol–water partition coefficient (Wildman–Crippen LogP) is 8.17.